The Bertz CT molecular complexity index is 331. The van der Waals surface area contributed by atoms with E-state index < -0.39 is 0 Å². The molecule has 2 atom stereocenters. The first-order chi connectivity index (χ1) is 6.40. The molecule has 0 aliphatic heterocycles. The third-order valence-corrected chi connectivity index (χ3v) is 3.22. The van der Waals surface area contributed by atoms with Crippen molar-refractivity contribution in [2.75, 3.05) is 0 Å². The highest BCUT2D eigenvalue weighted by atomic mass is 16.4. The lowest BCUT2D eigenvalue weighted by Crippen LogP contribution is -1.92. The Kier molecular flexibility index (Phi) is 1.29. The molecule has 1 saturated carbocycles. The van der Waals surface area contributed by atoms with Crippen molar-refractivity contribution in [2.24, 2.45) is 28.8 Å². The van der Waals surface area contributed by atoms with Crippen molar-refractivity contribution in [1.82, 2.24) is 0 Å². The summed E-state index contributed by atoms with van der Waals surface area (Å²) in [6.45, 7) is 0. The number of oxime groups is 1. The molecule has 4 aliphatic rings. The summed E-state index contributed by atoms with van der Waals surface area (Å²) in [7, 11) is 0. The van der Waals surface area contributed by atoms with Gasteiger partial charge in [0.05, 0.1) is 6.21 Å². The van der Waals surface area contributed by atoms with Gasteiger partial charge in [0.25, 0.3) is 0 Å². The van der Waals surface area contributed by atoms with Gasteiger partial charge in [-0.1, -0.05) is 35.5 Å². The number of allylic oxidation sites excluding steroid dienone is 6. The minimum Gasteiger partial charge on any atom is -0.411 e. The number of rotatable bonds is 1. The lowest BCUT2D eigenvalue weighted by Gasteiger charge is -1.98. The van der Waals surface area contributed by atoms with E-state index in [1.807, 2.05) is 0 Å². The molecule has 0 aromatic heterocycles. The summed E-state index contributed by atoms with van der Waals surface area (Å²) in [5.74, 6) is 2.31. The minimum absolute atomic E-state index is 0.410. The molecule has 0 amide bonds. The van der Waals surface area contributed by atoms with Gasteiger partial charge in [-0.3, -0.25) is 0 Å². The molecule has 1 N–H and O–H groups in total. The minimum atomic E-state index is 0.410. The molecule has 1 fully saturated rings. The Balaban J connectivity index is 2.04. The average molecular weight is 173 g/mol. The van der Waals surface area contributed by atoms with E-state index in [0.29, 0.717) is 23.7 Å². The second kappa shape index (κ2) is 2.34. The maximum Gasteiger partial charge on any atom is 0.0693 e. The normalized spacial score (nSPS) is 44.8. The van der Waals surface area contributed by atoms with Crippen molar-refractivity contribution in [3.63, 3.8) is 0 Å². The second-order valence-electron chi connectivity index (χ2n) is 3.94. The lowest BCUT2D eigenvalue weighted by molar-refractivity contribution is 0.321. The molecule has 0 unspecified atom stereocenters. The molecule has 0 saturated heterocycles. The van der Waals surface area contributed by atoms with Crippen LogP contribution >= 0.6 is 0 Å². The van der Waals surface area contributed by atoms with Crippen LogP contribution in [0.15, 0.2) is 41.1 Å². The molecule has 4 rings (SSSR count). The summed E-state index contributed by atoms with van der Waals surface area (Å²) in [5.41, 5.74) is 1.19. The van der Waals surface area contributed by atoms with Gasteiger partial charge in [-0.05, 0) is 23.3 Å². The van der Waals surface area contributed by atoms with Gasteiger partial charge in [0.15, 0.2) is 0 Å². The lowest BCUT2D eigenvalue weighted by atomic mass is 10.1. The first kappa shape index (κ1) is 7.13. The molecule has 13 heavy (non-hydrogen) atoms. The Labute approximate surface area is 76.9 Å². The SMILES string of the molecule is O/N=C\C1=CC2C=C[C@H]3C1[C@@H]3C=C2. The van der Waals surface area contributed by atoms with E-state index in [1.165, 1.54) is 5.57 Å². The average Bonchev–Trinajstić information content (AvgIpc) is 2.81. The number of hydrogen-bond donors (Lipinski definition) is 1. The van der Waals surface area contributed by atoms with Gasteiger partial charge < -0.3 is 5.21 Å². The summed E-state index contributed by atoms with van der Waals surface area (Å²) in [4.78, 5) is 0. The maximum absolute atomic E-state index is 8.53. The van der Waals surface area contributed by atoms with E-state index in [2.05, 4.69) is 35.5 Å². The molecule has 0 aromatic rings. The molecule has 0 spiro atoms. The van der Waals surface area contributed by atoms with E-state index in [1.54, 1.807) is 6.21 Å². The summed E-state index contributed by atoms with van der Waals surface area (Å²) in [5, 5.41) is 11.7. The fourth-order valence-corrected chi connectivity index (χ4v) is 2.52. The highest BCUT2D eigenvalue weighted by Crippen LogP contribution is 2.55. The zero-order valence-corrected chi connectivity index (χ0v) is 7.17. The fraction of sp³-hybridized carbons (Fsp3) is 0.364. The van der Waals surface area contributed by atoms with Crippen molar-refractivity contribution < 1.29 is 5.21 Å². The van der Waals surface area contributed by atoms with Crippen LogP contribution < -0.4 is 0 Å². The summed E-state index contributed by atoms with van der Waals surface area (Å²) < 4.78 is 0. The molecule has 2 heteroatoms. The summed E-state index contributed by atoms with van der Waals surface area (Å²) in [6, 6.07) is 0. The Morgan fingerprint density at radius 2 is 1.85 bits per heavy atom. The molecule has 4 bridgehead atoms. The molecular weight excluding hydrogens is 162 g/mol. The van der Waals surface area contributed by atoms with Crippen LogP contribution in [0, 0.1) is 23.7 Å². The van der Waals surface area contributed by atoms with Crippen LogP contribution in [0.4, 0.5) is 0 Å². The highest BCUT2D eigenvalue weighted by molar-refractivity contribution is 5.81. The van der Waals surface area contributed by atoms with Crippen LogP contribution in [0.5, 0.6) is 0 Å². The maximum atomic E-state index is 8.53. The first-order valence-electron chi connectivity index (χ1n) is 4.66. The van der Waals surface area contributed by atoms with Crippen LogP contribution in [0.3, 0.4) is 0 Å². The monoisotopic (exact) mass is 173 g/mol. The quantitative estimate of drug-likeness (QED) is 0.280. The molecule has 2 nitrogen and oxygen atoms in total. The van der Waals surface area contributed by atoms with E-state index >= 15 is 0 Å². The summed E-state index contributed by atoms with van der Waals surface area (Å²) in [6.07, 6.45) is 12.8. The number of hydrogen-bond acceptors (Lipinski definition) is 2. The molecule has 66 valence electrons. The van der Waals surface area contributed by atoms with Crippen LogP contribution in [0.25, 0.3) is 0 Å². The third kappa shape index (κ3) is 0.916. The van der Waals surface area contributed by atoms with Gasteiger partial charge >= 0.3 is 0 Å². The Morgan fingerprint density at radius 1 is 1.15 bits per heavy atom. The molecule has 0 heterocycles. The predicted octanol–water partition coefficient (Wildman–Crippen LogP) is 1.99. The van der Waals surface area contributed by atoms with Crippen molar-refractivity contribution in [3.05, 3.63) is 36.0 Å². The fourth-order valence-electron chi connectivity index (χ4n) is 2.52. The molecule has 0 aromatic carbocycles. The van der Waals surface area contributed by atoms with Crippen molar-refractivity contribution in [3.8, 4) is 0 Å². The smallest absolute Gasteiger partial charge is 0.0693 e. The zero-order chi connectivity index (χ0) is 8.84. The third-order valence-electron chi connectivity index (χ3n) is 3.22. The zero-order valence-electron chi connectivity index (χ0n) is 7.17. The van der Waals surface area contributed by atoms with Crippen LogP contribution in [-0.4, -0.2) is 11.4 Å². The van der Waals surface area contributed by atoms with Gasteiger partial charge in [-0.2, -0.15) is 0 Å². The Morgan fingerprint density at radius 3 is 2.46 bits per heavy atom. The van der Waals surface area contributed by atoms with Crippen molar-refractivity contribution in [2.45, 2.75) is 0 Å². The van der Waals surface area contributed by atoms with Crippen LogP contribution in [0.1, 0.15) is 0 Å². The van der Waals surface area contributed by atoms with E-state index in [-0.39, 0.29) is 0 Å². The molecular formula is C11H11NO. The molecule has 4 aliphatic carbocycles. The van der Waals surface area contributed by atoms with Gasteiger partial charge in [-0.15, -0.1) is 0 Å². The van der Waals surface area contributed by atoms with E-state index in [9.17, 15) is 0 Å². The summed E-state index contributed by atoms with van der Waals surface area (Å²) >= 11 is 0. The number of nitrogens with zero attached hydrogens (tertiary/aromatic N) is 1. The van der Waals surface area contributed by atoms with Crippen LogP contribution in [0.2, 0.25) is 0 Å². The standard InChI is InChI=1S/C11H11NO/c13-12-6-8-5-7-1-3-9-10(4-2-7)11(8)9/h1-7,9-11,13H/b12-6-/t7?,9-,10-,11?/m1/s1. The van der Waals surface area contributed by atoms with Gasteiger partial charge in [0, 0.05) is 5.92 Å². The molecule has 0 radical (unpaired) electrons. The highest BCUT2D eigenvalue weighted by Gasteiger charge is 2.50. The van der Waals surface area contributed by atoms with Crippen molar-refractivity contribution >= 4 is 6.21 Å². The van der Waals surface area contributed by atoms with E-state index in [4.69, 9.17) is 5.21 Å². The first-order valence-corrected chi connectivity index (χ1v) is 4.66. The topological polar surface area (TPSA) is 32.6 Å². The largest absolute Gasteiger partial charge is 0.411 e. The predicted molar refractivity (Wildman–Crippen MR) is 50.6 cm³/mol. The second-order valence-corrected chi connectivity index (χ2v) is 3.94. The van der Waals surface area contributed by atoms with Gasteiger partial charge in [-0.25, -0.2) is 0 Å². The van der Waals surface area contributed by atoms with Gasteiger partial charge in [0.1, 0.15) is 0 Å². The van der Waals surface area contributed by atoms with Gasteiger partial charge in [0.2, 0.25) is 0 Å². The Hall–Kier alpha value is -1.31. The van der Waals surface area contributed by atoms with Crippen LogP contribution in [-0.2, 0) is 0 Å². The van der Waals surface area contributed by atoms with E-state index in [0.717, 1.165) is 0 Å². The van der Waals surface area contributed by atoms with Crippen molar-refractivity contribution in [1.29, 1.82) is 0 Å².